The minimum atomic E-state index is 0.315. The number of nitrogens with two attached hydrogens (primary N) is 1. The first-order chi connectivity index (χ1) is 8.67. The Morgan fingerprint density at radius 2 is 2.28 bits per heavy atom. The van der Waals surface area contributed by atoms with E-state index in [1.165, 1.54) is 24.8 Å². The van der Waals surface area contributed by atoms with Gasteiger partial charge in [-0.3, -0.25) is 4.90 Å². The smallest absolute Gasteiger partial charge is 0.0473 e. The van der Waals surface area contributed by atoms with Gasteiger partial charge in [0.2, 0.25) is 0 Å². The Kier molecular flexibility index (Phi) is 4.66. The van der Waals surface area contributed by atoms with Gasteiger partial charge in [-0.1, -0.05) is 30.7 Å². The maximum absolute atomic E-state index is 6.23. The largest absolute Gasteiger partial charge is 0.329 e. The summed E-state index contributed by atoms with van der Waals surface area (Å²) in [5, 5.41) is 0.846. The van der Waals surface area contributed by atoms with E-state index < -0.39 is 0 Å². The fourth-order valence-electron chi connectivity index (χ4n) is 2.99. The maximum Gasteiger partial charge on any atom is 0.0473 e. The third-order valence-electron chi connectivity index (χ3n) is 4.10. The Bertz CT molecular complexity index is 405. The molecule has 1 aliphatic rings. The molecule has 18 heavy (non-hydrogen) atoms. The van der Waals surface area contributed by atoms with Crippen LogP contribution >= 0.6 is 11.6 Å². The number of hydrogen-bond donors (Lipinski definition) is 1. The van der Waals surface area contributed by atoms with Gasteiger partial charge in [-0.05, 0) is 49.9 Å². The lowest BCUT2D eigenvalue weighted by Crippen LogP contribution is -2.37. The lowest BCUT2D eigenvalue weighted by Gasteiger charge is -2.32. The van der Waals surface area contributed by atoms with Crippen LogP contribution in [0.5, 0.6) is 0 Å². The molecule has 0 saturated carbocycles. The van der Waals surface area contributed by atoms with Crippen LogP contribution in [0, 0.1) is 6.92 Å². The number of halogens is 1. The maximum atomic E-state index is 6.23. The fraction of sp³-hybridized carbons (Fsp3) is 0.600. The summed E-state index contributed by atoms with van der Waals surface area (Å²) < 4.78 is 0. The van der Waals surface area contributed by atoms with E-state index in [2.05, 4.69) is 30.0 Å². The molecule has 0 spiro atoms. The van der Waals surface area contributed by atoms with Gasteiger partial charge in [0.1, 0.15) is 0 Å². The summed E-state index contributed by atoms with van der Waals surface area (Å²) in [4.78, 5) is 2.56. The normalized spacial score (nSPS) is 22.3. The van der Waals surface area contributed by atoms with Crippen molar-refractivity contribution in [1.82, 2.24) is 4.90 Å². The third-order valence-corrected chi connectivity index (χ3v) is 4.51. The van der Waals surface area contributed by atoms with Crippen molar-refractivity contribution in [2.24, 2.45) is 5.73 Å². The van der Waals surface area contributed by atoms with Crippen LogP contribution in [0.15, 0.2) is 18.2 Å². The highest BCUT2D eigenvalue weighted by Gasteiger charge is 2.29. The monoisotopic (exact) mass is 266 g/mol. The first kappa shape index (κ1) is 13.9. The first-order valence-electron chi connectivity index (χ1n) is 6.89. The molecule has 2 nitrogen and oxygen atoms in total. The zero-order valence-electron chi connectivity index (χ0n) is 11.3. The van der Waals surface area contributed by atoms with Crippen molar-refractivity contribution in [2.75, 3.05) is 13.1 Å². The Morgan fingerprint density at radius 3 is 2.89 bits per heavy atom. The van der Waals surface area contributed by atoms with Crippen molar-refractivity contribution in [1.29, 1.82) is 0 Å². The average Bonchev–Trinajstić information content (AvgIpc) is 2.83. The summed E-state index contributed by atoms with van der Waals surface area (Å²) in [6, 6.07) is 7.34. The molecule has 2 rings (SSSR count). The zero-order valence-corrected chi connectivity index (χ0v) is 12.1. The van der Waals surface area contributed by atoms with Gasteiger partial charge in [0, 0.05) is 23.7 Å². The Morgan fingerprint density at radius 1 is 1.50 bits per heavy atom. The van der Waals surface area contributed by atoms with E-state index in [1.807, 2.05) is 6.92 Å². The molecule has 2 N–H and O–H groups in total. The predicted octanol–water partition coefficient (Wildman–Crippen LogP) is 3.52. The van der Waals surface area contributed by atoms with Crippen LogP contribution in [0.25, 0.3) is 0 Å². The molecule has 1 aromatic carbocycles. The Labute approximate surface area is 115 Å². The van der Waals surface area contributed by atoms with Crippen molar-refractivity contribution < 1.29 is 0 Å². The van der Waals surface area contributed by atoms with E-state index in [0.717, 1.165) is 17.1 Å². The second kappa shape index (κ2) is 6.05. The summed E-state index contributed by atoms with van der Waals surface area (Å²) in [5.74, 6) is 0. The number of nitrogens with zero attached hydrogens (tertiary/aromatic N) is 1. The van der Waals surface area contributed by atoms with Gasteiger partial charge in [-0.2, -0.15) is 0 Å². The number of rotatable bonds is 4. The highest BCUT2D eigenvalue weighted by molar-refractivity contribution is 6.31. The number of hydrogen-bond acceptors (Lipinski definition) is 2. The second-order valence-corrected chi connectivity index (χ2v) is 5.61. The van der Waals surface area contributed by atoms with Crippen molar-refractivity contribution in [3.05, 3.63) is 34.3 Å². The molecular weight excluding hydrogens is 244 g/mol. The van der Waals surface area contributed by atoms with E-state index in [0.29, 0.717) is 18.6 Å². The van der Waals surface area contributed by atoms with Crippen molar-refractivity contribution in [3.63, 3.8) is 0 Å². The van der Waals surface area contributed by atoms with Gasteiger partial charge in [0.15, 0.2) is 0 Å². The summed E-state index contributed by atoms with van der Waals surface area (Å²) in [5.41, 5.74) is 8.39. The van der Waals surface area contributed by atoms with E-state index in [-0.39, 0.29) is 0 Å². The van der Waals surface area contributed by atoms with Crippen LogP contribution < -0.4 is 5.73 Å². The van der Waals surface area contributed by atoms with Crippen LogP contribution in [-0.2, 0) is 0 Å². The van der Waals surface area contributed by atoms with Gasteiger partial charge in [0.05, 0.1) is 0 Å². The van der Waals surface area contributed by atoms with Gasteiger partial charge in [0.25, 0.3) is 0 Å². The SMILES string of the molecule is CCC1CCCN1C(CN)c1ccc(C)c(Cl)c1. The van der Waals surface area contributed by atoms with E-state index in [1.54, 1.807) is 0 Å². The van der Waals surface area contributed by atoms with E-state index in [4.69, 9.17) is 17.3 Å². The van der Waals surface area contributed by atoms with Gasteiger partial charge >= 0.3 is 0 Å². The third kappa shape index (κ3) is 2.71. The molecule has 3 heteroatoms. The molecule has 1 aliphatic heterocycles. The van der Waals surface area contributed by atoms with Crippen LogP contribution in [-0.4, -0.2) is 24.0 Å². The summed E-state index contributed by atoms with van der Waals surface area (Å²) in [7, 11) is 0. The quantitative estimate of drug-likeness (QED) is 0.904. The molecule has 0 aliphatic carbocycles. The molecule has 0 radical (unpaired) electrons. The molecule has 0 amide bonds. The molecule has 1 aromatic rings. The fourth-order valence-corrected chi connectivity index (χ4v) is 3.18. The topological polar surface area (TPSA) is 29.3 Å². The van der Waals surface area contributed by atoms with E-state index >= 15 is 0 Å². The van der Waals surface area contributed by atoms with Crippen LogP contribution in [0.2, 0.25) is 5.02 Å². The number of benzene rings is 1. The molecule has 1 saturated heterocycles. The lowest BCUT2D eigenvalue weighted by atomic mass is 10.0. The predicted molar refractivity (Wildman–Crippen MR) is 78.0 cm³/mol. The Hall–Kier alpha value is -0.570. The van der Waals surface area contributed by atoms with Crippen LogP contribution in [0.4, 0.5) is 0 Å². The van der Waals surface area contributed by atoms with Crippen LogP contribution in [0.3, 0.4) is 0 Å². The molecule has 100 valence electrons. The highest BCUT2D eigenvalue weighted by atomic mass is 35.5. The molecule has 0 aromatic heterocycles. The van der Waals surface area contributed by atoms with Crippen LogP contribution in [0.1, 0.15) is 43.4 Å². The highest BCUT2D eigenvalue weighted by Crippen LogP contribution is 2.31. The molecule has 2 atom stereocenters. The molecule has 2 unspecified atom stereocenters. The lowest BCUT2D eigenvalue weighted by molar-refractivity contribution is 0.180. The van der Waals surface area contributed by atoms with Gasteiger partial charge < -0.3 is 5.73 Å². The van der Waals surface area contributed by atoms with Gasteiger partial charge in [-0.15, -0.1) is 0 Å². The summed E-state index contributed by atoms with van der Waals surface area (Å²) in [6.45, 7) is 6.12. The molecular formula is C15H23ClN2. The second-order valence-electron chi connectivity index (χ2n) is 5.20. The van der Waals surface area contributed by atoms with Crippen molar-refractivity contribution in [3.8, 4) is 0 Å². The molecule has 1 heterocycles. The Balaban J connectivity index is 2.24. The van der Waals surface area contributed by atoms with E-state index in [9.17, 15) is 0 Å². The minimum absolute atomic E-state index is 0.315. The van der Waals surface area contributed by atoms with Crippen molar-refractivity contribution in [2.45, 2.75) is 45.2 Å². The zero-order chi connectivity index (χ0) is 13.1. The summed E-state index contributed by atoms with van der Waals surface area (Å²) >= 11 is 6.23. The summed E-state index contributed by atoms with van der Waals surface area (Å²) in [6.07, 6.45) is 3.79. The van der Waals surface area contributed by atoms with Gasteiger partial charge in [-0.25, -0.2) is 0 Å². The minimum Gasteiger partial charge on any atom is -0.329 e. The molecule has 1 fully saturated rings. The number of aryl methyl sites for hydroxylation is 1. The molecule has 0 bridgehead atoms. The first-order valence-corrected chi connectivity index (χ1v) is 7.27. The standard InChI is InChI=1S/C15H23ClN2/c1-3-13-5-4-8-18(13)15(10-17)12-7-6-11(2)14(16)9-12/h6-7,9,13,15H,3-5,8,10,17H2,1-2H3. The average molecular weight is 267 g/mol. The number of likely N-dealkylation sites (tertiary alicyclic amines) is 1. The van der Waals surface area contributed by atoms with Crippen molar-refractivity contribution >= 4 is 11.6 Å².